The van der Waals surface area contributed by atoms with Gasteiger partial charge in [0.25, 0.3) is 10.0 Å². The molecule has 9 heteroatoms. The number of nitrogens with one attached hydrogen (secondary N) is 1. The lowest BCUT2D eigenvalue weighted by Gasteiger charge is -2.06. The minimum Gasteiger partial charge on any atom is -0.497 e. The number of benzene rings is 2. The largest absolute Gasteiger partial charge is 0.497 e. The van der Waals surface area contributed by atoms with Crippen molar-refractivity contribution in [1.82, 2.24) is 4.98 Å². The maximum absolute atomic E-state index is 13.3. The lowest BCUT2D eigenvalue weighted by Crippen LogP contribution is -2.12. The molecule has 1 heterocycles. The van der Waals surface area contributed by atoms with E-state index in [0.29, 0.717) is 17.0 Å². The summed E-state index contributed by atoms with van der Waals surface area (Å²) < 4.78 is 58.3. The van der Waals surface area contributed by atoms with E-state index in [9.17, 15) is 17.2 Å². The van der Waals surface area contributed by atoms with Crippen molar-refractivity contribution in [2.45, 2.75) is 4.90 Å². The molecule has 0 atom stereocenters. The van der Waals surface area contributed by atoms with E-state index in [2.05, 4.69) is 9.71 Å². The number of halogens is 2. The van der Waals surface area contributed by atoms with E-state index in [-0.39, 0.29) is 10.0 Å². The molecule has 0 saturated heterocycles. The first-order chi connectivity index (χ1) is 11.9. The van der Waals surface area contributed by atoms with Gasteiger partial charge in [-0.2, -0.15) is 0 Å². The molecule has 0 radical (unpaired) electrons. The van der Waals surface area contributed by atoms with Crippen LogP contribution >= 0.6 is 11.3 Å². The zero-order valence-corrected chi connectivity index (χ0v) is 14.5. The first-order valence-corrected chi connectivity index (χ1v) is 9.33. The SMILES string of the molecule is COc1ccc(S(=O)(=O)Nc2nc(-c3ccc(F)c(F)c3)cs2)cc1. The standard InChI is InChI=1S/C16H12F2N2O3S2/c1-23-11-3-5-12(6-4-11)25(21,22)20-16-19-15(9-24-16)10-2-7-13(17)14(18)8-10/h2-9H,1H3,(H,19,20). The summed E-state index contributed by atoms with van der Waals surface area (Å²) >= 11 is 1.04. The van der Waals surface area contributed by atoms with Crippen LogP contribution in [0.1, 0.15) is 0 Å². The number of sulfonamides is 1. The van der Waals surface area contributed by atoms with E-state index < -0.39 is 21.7 Å². The Morgan fingerprint density at radius 1 is 1.08 bits per heavy atom. The fourth-order valence-corrected chi connectivity index (χ4v) is 4.01. The van der Waals surface area contributed by atoms with Gasteiger partial charge < -0.3 is 4.74 Å². The third-order valence-electron chi connectivity index (χ3n) is 3.31. The van der Waals surface area contributed by atoms with Crippen LogP contribution in [-0.4, -0.2) is 20.5 Å². The first-order valence-electron chi connectivity index (χ1n) is 6.97. The summed E-state index contributed by atoms with van der Waals surface area (Å²) in [5, 5.41) is 1.68. The molecule has 0 spiro atoms. The molecule has 0 saturated carbocycles. The molecule has 1 N–H and O–H groups in total. The molecule has 0 bridgehead atoms. The van der Waals surface area contributed by atoms with Crippen LogP contribution in [0.25, 0.3) is 11.3 Å². The van der Waals surface area contributed by atoms with Crippen molar-refractivity contribution >= 4 is 26.5 Å². The fraction of sp³-hybridized carbons (Fsp3) is 0.0625. The average molecular weight is 382 g/mol. The van der Waals surface area contributed by atoms with Crippen LogP contribution in [0.15, 0.2) is 52.7 Å². The summed E-state index contributed by atoms with van der Waals surface area (Å²) in [6.07, 6.45) is 0. The van der Waals surface area contributed by atoms with Gasteiger partial charge in [-0.1, -0.05) is 0 Å². The predicted octanol–water partition coefficient (Wildman–Crippen LogP) is 3.90. The lowest BCUT2D eigenvalue weighted by molar-refractivity contribution is 0.414. The van der Waals surface area contributed by atoms with E-state index >= 15 is 0 Å². The number of methoxy groups -OCH3 is 1. The van der Waals surface area contributed by atoms with Crippen LogP contribution in [0.2, 0.25) is 0 Å². The normalized spacial score (nSPS) is 11.3. The second-order valence-electron chi connectivity index (χ2n) is 4.95. The zero-order valence-electron chi connectivity index (χ0n) is 12.9. The van der Waals surface area contributed by atoms with Crippen molar-refractivity contribution in [1.29, 1.82) is 0 Å². The third kappa shape index (κ3) is 3.77. The van der Waals surface area contributed by atoms with Crippen LogP contribution in [0.4, 0.5) is 13.9 Å². The van der Waals surface area contributed by atoms with Crippen molar-refractivity contribution < 1.29 is 21.9 Å². The van der Waals surface area contributed by atoms with Gasteiger partial charge in [-0.05, 0) is 42.5 Å². The highest BCUT2D eigenvalue weighted by Crippen LogP contribution is 2.28. The van der Waals surface area contributed by atoms with E-state index in [1.54, 1.807) is 5.38 Å². The lowest BCUT2D eigenvalue weighted by atomic mass is 10.2. The van der Waals surface area contributed by atoms with Crippen LogP contribution in [0, 0.1) is 11.6 Å². The second kappa shape index (κ2) is 6.77. The summed E-state index contributed by atoms with van der Waals surface area (Å²) in [6, 6.07) is 9.24. The van der Waals surface area contributed by atoms with E-state index in [0.717, 1.165) is 23.5 Å². The minimum atomic E-state index is -3.81. The number of anilines is 1. The molecule has 0 fully saturated rings. The van der Waals surface area contributed by atoms with Crippen LogP contribution in [0.3, 0.4) is 0 Å². The third-order valence-corrected chi connectivity index (χ3v) is 5.55. The zero-order chi connectivity index (χ0) is 18.0. The van der Waals surface area contributed by atoms with Gasteiger partial charge in [-0.25, -0.2) is 22.2 Å². The number of nitrogens with zero attached hydrogens (tertiary/aromatic N) is 1. The number of aromatic nitrogens is 1. The Balaban J connectivity index is 1.83. The molecule has 5 nitrogen and oxygen atoms in total. The molecule has 3 aromatic rings. The quantitative estimate of drug-likeness (QED) is 0.727. The average Bonchev–Trinajstić information content (AvgIpc) is 3.05. The predicted molar refractivity (Wildman–Crippen MR) is 91.3 cm³/mol. The molecule has 25 heavy (non-hydrogen) atoms. The Morgan fingerprint density at radius 2 is 1.80 bits per heavy atom. The molecule has 0 amide bonds. The van der Waals surface area contributed by atoms with Gasteiger partial charge in [0.1, 0.15) is 5.75 Å². The van der Waals surface area contributed by atoms with Crippen LogP contribution in [-0.2, 0) is 10.0 Å². The highest BCUT2D eigenvalue weighted by molar-refractivity contribution is 7.93. The first kappa shape index (κ1) is 17.3. The second-order valence-corrected chi connectivity index (χ2v) is 7.49. The Kier molecular flexibility index (Phi) is 4.69. The number of hydrogen-bond acceptors (Lipinski definition) is 5. The summed E-state index contributed by atoms with van der Waals surface area (Å²) in [5.41, 5.74) is 0.696. The molecule has 130 valence electrons. The molecular weight excluding hydrogens is 370 g/mol. The molecule has 1 aromatic heterocycles. The Labute approximate surface area is 147 Å². The van der Waals surface area contributed by atoms with Gasteiger partial charge >= 0.3 is 0 Å². The van der Waals surface area contributed by atoms with E-state index in [4.69, 9.17) is 4.74 Å². The Hall–Kier alpha value is -2.52. The van der Waals surface area contributed by atoms with Crippen molar-refractivity contribution in [2.24, 2.45) is 0 Å². The van der Waals surface area contributed by atoms with E-state index in [1.807, 2.05) is 0 Å². The summed E-state index contributed by atoms with van der Waals surface area (Å²) in [7, 11) is -2.33. The highest BCUT2D eigenvalue weighted by atomic mass is 32.2. The maximum atomic E-state index is 13.3. The van der Waals surface area contributed by atoms with Crippen molar-refractivity contribution in [3.05, 3.63) is 59.5 Å². The van der Waals surface area contributed by atoms with E-state index in [1.165, 1.54) is 37.4 Å². The Morgan fingerprint density at radius 3 is 2.44 bits per heavy atom. The molecule has 0 aliphatic heterocycles. The van der Waals surface area contributed by atoms with Gasteiger partial charge in [0.15, 0.2) is 16.8 Å². The summed E-state index contributed by atoms with van der Waals surface area (Å²) in [5.74, 6) is -1.42. The highest BCUT2D eigenvalue weighted by Gasteiger charge is 2.17. The molecule has 3 rings (SSSR count). The van der Waals surface area contributed by atoms with Crippen LogP contribution < -0.4 is 9.46 Å². The summed E-state index contributed by atoms with van der Waals surface area (Å²) in [4.78, 5) is 4.16. The number of ether oxygens (including phenoxy) is 1. The molecule has 0 unspecified atom stereocenters. The molecule has 2 aromatic carbocycles. The molecule has 0 aliphatic rings. The van der Waals surface area contributed by atoms with Gasteiger partial charge in [0.2, 0.25) is 0 Å². The summed E-state index contributed by atoms with van der Waals surface area (Å²) in [6.45, 7) is 0. The number of hydrogen-bond donors (Lipinski definition) is 1. The van der Waals surface area contributed by atoms with Gasteiger partial charge in [-0.3, -0.25) is 4.72 Å². The monoisotopic (exact) mass is 382 g/mol. The fourth-order valence-electron chi connectivity index (χ4n) is 2.04. The molecular formula is C16H12F2N2O3S2. The van der Waals surface area contributed by atoms with Crippen LogP contribution in [0.5, 0.6) is 5.75 Å². The number of rotatable bonds is 5. The van der Waals surface area contributed by atoms with Gasteiger partial charge in [-0.15, -0.1) is 11.3 Å². The van der Waals surface area contributed by atoms with Gasteiger partial charge in [0.05, 0.1) is 17.7 Å². The Bertz CT molecular complexity index is 1000. The van der Waals surface area contributed by atoms with Crippen molar-refractivity contribution in [2.75, 3.05) is 11.8 Å². The number of thiazole rings is 1. The topological polar surface area (TPSA) is 68.3 Å². The van der Waals surface area contributed by atoms with Crippen molar-refractivity contribution in [3.8, 4) is 17.0 Å². The molecule has 0 aliphatic carbocycles. The van der Waals surface area contributed by atoms with Gasteiger partial charge in [0, 0.05) is 10.9 Å². The minimum absolute atomic E-state index is 0.0536. The van der Waals surface area contributed by atoms with Crippen molar-refractivity contribution in [3.63, 3.8) is 0 Å². The smallest absolute Gasteiger partial charge is 0.263 e. The maximum Gasteiger partial charge on any atom is 0.263 e.